The van der Waals surface area contributed by atoms with E-state index >= 15 is 0 Å². The Hall–Kier alpha value is -2.63. The number of amides is 2. The Morgan fingerprint density at radius 2 is 1.73 bits per heavy atom. The lowest BCUT2D eigenvalue weighted by atomic mass is 9.82. The summed E-state index contributed by atoms with van der Waals surface area (Å²) in [6.07, 6.45) is 5.45. The number of hydrogen-bond acceptors (Lipinski definition) is 3. The number of hydrogen-bond donors (Lipinski definition) is 3. The van der Waals surface area contributed by atoms with Gasteiger partial charge in [-0.25, -0.2) is 0 Å². The summed E-state index contributed by atoms with van der Waals surface area (Å²) in [5.41, 5.74) is 1.08. The molecule has 138 valence electrons. The number of rotatable bonds is 6. The van der Waals surface area contributed by atoms with Crippen molar-refractivity contribution in [2.45, 2.75) is 32.7 Å². The zero-order valence-corrected chi connectivity index (χ0v) is 14.9. The molecule has 6 nitrogen and oxygen atoms in total. The maximum atomic E-state index is 12.6. The van der Waals surface area contributed by atoms with Crippen molar-refractivity contribution >= 4 is 23.5 Å². The third-order valence-electron chi connectivity index (χ3n) is 5.45. The number of fused-ring (bicyclic) bond motifs is 2. The Labute approximate surface area is 152 Å². The van der Waals surface area contributed by atoms with Crippen molar-refractivity contribution in [1.82, 2.24) is 5.32 Å². The molecule has 0 aliphatic heterocycles. The second-order valence-corrected chi connectivity index (χ2v) is 7.19. The maximum Gasteiger partial charge on any atom is 0.307 e. The van der Waals surface area contributed by atoms with Crippen LogP contribution in [0.2, 0.25) is 0 Å². The van der Waals surface area contributed by atoms with Gasteiger partial charge in [0.2, 0.25) is 5.91 Å². The van der Waals surface area contributed by atoms with E-state index in [4.69, 9.17) is 0 Å². The topological polar surface area (TPSA) is 95.5 Å². The van der Waals surface area contributed by atoms with Crippen molar-refractivity contribution < 1.29 is 19.5 Å². The number of benzene rings is 1. The van der Waals surface area contributed by atoms with Crippen LogP contribution in [0.5, 0.6) is 0 Å². The average molecular weight is 356 g/mol. The lowest BCUT2D eigenvalue weighted by Gasteiger charge is -2.23. The molecule has 3 N–H and O–H groups in total. The molecule has 2 amide bonds. The standard InChI is InChI=1S/C20H24N2O4/c1-3-11(2)21-18(23)12-6-8-15(9-7-12)22-19(24)16-13-4-5-14(10-13)17(16)20(25)26/h4-9,11,13-14,16-17H,3,10H2,1-2H3,(H,21,23)(H,22,24)(H,25,26). The van der Waals surface area contributed by atoms with Gasteiger partial charge in [0.25, 0.3) is 5.91 Å². The molecule has 3 rings (SSSR count). The van der Waals surface area contributed by atoms with E-state index in [0.29, 0.717) is 11.3 Å². The molecule has 5 unspecified atom stereocenters. The van der Waals surface area contributed by atoms with Crippen LogP contribution >= 0.6 is 0 Å². The highest BCUT2D eigenvalue weighted by Crippen LogP contribution is 2.48. The highest BCUT2D eigenvalue weighted by Gasteiger charge is 2.51. The van der Waals surface area contributed by atoms with Crippen molar-refractivity contribution in [1.29, 1.82) is 0 Å². The third kappa shape index (κ3) is 3.49. The molecule has 6 heteroatoms. The third-order valence-corrected chi connectivity index (χ3v) is 5.45. The first-order valence-electron chi connectivity index (χ1n) is 9.03. The van der Waals surface area contributed by atoms with Crippen molar-refractivity contribution in [2.24, 2.45) is 23.7 Å². The first-order chi connectivity index (χ1) is 12.4. The summed E-state index contributed by atoms with van der Waals surface area (Å²) in [5, 5.41) is 15.1. The summed E-state index contributed by atoms with van der Waals surface area (Å²) in [5.74, 6) is -2.62. The predicted octanol–water partition coefficient (Wildman–Crippen LogP) is 2.68. The Bertz CT molecular complexity index is 741. The van der Waals surface area contributed by atoms with E-state index in [1.807, 2.05) is 26.0 Å². The van der Waals surface area contributed by atoms with Gasteiger partial charge in [0.15, 0.2) is 0 Å². The smallest absolute Gasteiger partial charge is 0.307 e. The van der Waals surface area contributed by atoms with Gasteiger partial charge in [0.05, 0.1) is 11.8 Å². The van der Waals surface area contributed by atoms with Gasteiger partial charge in [0, 0.05) is 17.3 Å². The number of allylic oxidation sites excluding steroid dienone is 2. The van der Waals surface area contributed by atoms with Crippen molar-refractivity contribution in [3.63, 3.8) is 0 Å². The Balaban J connectivity index is 1.66. The molecule has 26 heavy (non-hydrogen) atoms. The van der Waals surface area contributed by atoms with Gasteiger partial charge in [-0.2, -0.15) is 0 Å². The van der Waals surface area contributed by atoms with Gasteiger partial charge >= 0.3 is 5.97 Å². The van der Waals surface area contributed by atoms with Gasteiger partial charge in [-0.3, -0.25) is 14.4 Å². The number of carbonyl (C=O) groups excluding carboxylic acids is 2. The van der Waals surface area contributed by atoms with E-state index in [-0.39, 0.29) is 29.7 Å². The van der Waals surface area contributed by atoms with Crippen molar-refractivity contribution in [2.75, 3.05) is 5.32 Å². The Morgan fingerprint density at radius 1 is 1.12 bits per heavy atom. The number of carboxylic acids is 1. The molecular weight excluding hydrogens is 332 g/mol. The molecule has 0 spiro atoms. The van der Waals surface area contributed by atoms with Crippen LogP contribution < -0.4 is 10.6 Å². The monoisotopic (exact) mass is 356 g/mol. The number of carbonyl (C=O) groups is 3. The average Bonchev–Trinajstić information content (AvgIpc) is 3.23. The molecule has 1 aromatic rings. The lowest BCUT2D eigenvalue weighted by molar-refractivity contribution is -0.146. The highest BCUT2D eigenvalue weighted by molar-refractivity contribution is 5.98. The molecule has 5 atom stereocenters. The quantitative estimate of drug-likeness (QED) is 0.683. The molecule has 1 fully saturated rings. The molecule has 1 aromatic carbocycles. The minimum Gasteiger partial charge on any atom is -0.481 e. The van der Waals surface area contributed by atoms with Crippen LogP contribution in [0.3, 0.4) is 0 Å². The summed E-state index contributed by atoms with van der Waals surface area (Å²) in [7, 11) is 0. The zero-order chi connectivity index (χ0) is 18.8. The van der Waals surface area contributed by atoms with E-state index in [0.717, 1.165) is 12.8 Å². The Morgan fingerprint density at radius 3 is 2.31 bits per heavy atom. The number of anilines is 1. The van der Waals surface area contributed by atoms with Crippen LogP contribution in [0.1, 0.15) is 37.0 Å². The normalized spacial score (nSPS) is 27.2. The fourth-order valence-electron chi connectivity index (χ4n) is 3.86. The van der Waals surface area contributed by atoms with Crippen LogP contribution in [0.4, 0.5) is 5.69 Å². The SMILES string of the molecule is CCC(C)NC(=O)c1ccc(NC(=O)C2C3C=CC(C3)C2C(=O)O)cc1. The summed E-state index contributed by atoms with van der Waals surface area (Å²) >= 11 is 0. The number of nitrogens with one attached hydrogen (secondary N) is 2. The lowest BCUT2D eigenvalue weighted by Crippen LogP contribution is -2.36. The van der Waals surface area contributed by atoms with Gasteiger partial charge in [-0.15, -0.1) is 0 Å². The van der Waals surface area contributed by atoms with E-state index in [1.165, 1.54) is 0 Å². The molecular formula is C20H24N2O4. The first-order valence-corrected chi connectivity index (χ1v) is 9.03. The second kappa shape index (κ2) is 7.32. The molecule has 2 bridgehead atoms. The van der Waals surface area contributed by atoms with E-state index in [9.17, 15) is 19.5 Å². The van der Waals surface area contributed by atoms with Gasteiger partial charge in [0.1, 0.15) is 0 Å². The minimum absolute atomic E-state index is 0.0123. The van der Waals surface area contributed by atoms with E-state index in [2.05, 4.69) is 10.6 Å². The summed E-state index contributed by atoms with van der Waals surface area (Å²) in [4.78, 5) is 36.3. The number of carboxylic acid groups (broad SMARTS) is 1. The molecule has 0 saturated heterocycles. The van der Waals surface area contributed by atoms with Crippen LogP contribution in [0.25, 0.3) is 0 Å². The molecule has 0 heterocycles. The van der Waals surface area contributed by atoms with Gasteiger partial charge in [-0.05, 0) is 55.9 Å². The second-order valence-electron chi connectivity index (χ2n) is 7.19. The van der Waals surface area contributed by atoms with Crippen LogP contribution in [0, 0.1) is 23.7 Å². The van der Waals surface area contributed by atoms with Crippen molar-refractivity contribution in [3.8, 4) is 0 Å². The minimum atomic E-state index is -0.918. The highest BCUT2D eigenvalue weighted by atomic mass is 16.4. The van der Waals surface area contributed by atoms with Crippen LogP contribution in [0.15, 0.2) is 36.4 Å². The van der Waals surface area contributed by atoms with E-state index < -0.39 is 17.8 Å². The van der Waals surface area contributed by atoms with E-state index in [1.54, 1.807) is 24.3 Å². The molecule has 1 saturated carbocycles. The van der Waals surface area contributed by atoms with Gasteiger partial charge in [-0.1, -0.05) is 19.1 Å². The van der Waals surface area contributed by atoms with Crippen LogP contribution in [-0.2, 0) is 9.59 Å². The predicted molar refractivity (Wildman–Crippen MR) is 97.6 cm³/mol. The summed E-state index contributed by atoms with van der Waals surface area (Å²) in [6.45, 7) is 3.94. The fourth-order valence-corrected chi connectivity index (χ4v) is 3.86. The molecule has 2 aliphatic carbocycles. The first kappa shape index (κ1) is 18.2. The van der Waals surface area contributed by atoms with Crippen LogP contribution in [-0.4, -0.2) is 28.9 Å². The fraction of sp³-hybridized carbons (Fsp3) is 0.450. The maximum absolute atomic E-state index is 12.6. The Kier molecular flexibility index (Phi) is 5.11. The number of aliphatic carboxylic acids is 1. The molecule has 0 aromatic heterocycles. The summed E-state index contributed by atoms with van der Waals surface area (Å²) < 4.78 is 0. The molecule has 2 aliphatic rings. The summed E-state index contributed by atoms with van der Waals surface area (Å²) in [6, 6.07) is 6.75. The largest absolute Gasteiger partial charge is 0.481 e. The zero-order valence-electron chi connectivity index (χ0n) is 14.9. The van der Waals surface area contributed by atoms with Gasteiger partial charge < -0.3 is 15.7 Å². The van der Waals surface area contributed by atoms with Crippen molar-refractivity contribution in [3.05, 3.63) is 42.0 Å². The molecule has 0 radical (unpaired) electrons.